The first-order valence-corrected chi connectivity index (χ1v) is 13.0. The number of hydrogen-bond acceptors (Lipinski definition) is 9. The molecule has 0 spiro atoms. The number of ether oxygens (including phenoxy) is 1. The molecular weight excluding hydrogens is 532 g/mol. The van der Waals surface area contributed by atoms with Crippen molar-refractivity contribution in [3.05, 3.63) is 89.6 Å². The predicted molar refractivity (Wildman–Crippen MR) is 145 cm³/mol. The standard InChI is InChI=1S/C25H25ClN6O5S/c1-15-28-21-8-7-20(11-22(21)38-15)29-23-30-24(34)31(10-9-18(12-27-36)14-37-16(2)33)25(35)32(23)13-17-3-5-19(26)6-4-17/h3-8,11,18H,9-10,12-14H2,1-2H3,(H,29,30,34). The predicted octanol–water partition coefficient (Wildman–Crippen LogP) is 3.53. The van der Waals surface area contributed by atoms with Crippen LogP contribution in [0.3, 0.4) is 0 Å². The molecule has 0 amide bonds. The molecule has 0 saturated carbocycles. The number of H-pyrrole nitrogens is 1. The lowest BCUT2D eigenvalue weighted by Gasteiger charge is -2.15. The van der Waals surface area contributed by atoms with Crippen LogP contribution in [0, 0.1) is 17.7 Å². The molecule has 0 aliphatic heterocycles. The van der Waals surface area contributed by atoms with E-state index in [0.29, 0.717) is 10.7 Å². The molecule has 2 aromatic carbocycles. The minimum absolute atomic E-state index is 0.0113. The number of nitrogens with one attached hydrogen (secondary N) is 1. The molecular formula is C25H25ClN6O5S. The first-order valence-electron chi connectivity index (χ1n) is 11.8. The Bertz CT molecular complexity index is 1650. The lowest BCUT2D eigenvalue weighted by molar-refractivity contribution is -0.142. The van der Waals surface area contributed by atoms with Gasteiger partial charge in [0.15, 0.2) is 0 Å². The number of carbonyl (C=O) groups excluding carboxylic acids is 1. The number of fused-ring (bicyclic) bond motifs is 1. The number of esters is 1. The number of halogens is 1. The Hall–Kier alpha value is -3.90. The van der Waals surface area contributed by atoms with E-state index in [0.717, 1.165) is 25.4 Å². The molecule has 38 heavy (non-hydrogen) atoms. The van der Waals surface area contributed by atoms with E-state index in [1.807, 2.05) is 19.1 Å². The second-order valence-corrected chi connectivity index (χ2v) is 10.3. The monoisotopic (exact) mass is 556 g/mol. The summed E-state index contributed by atoms with van der Waals surface area (Å²) in [7, 11) is 0. The molecule has 0 bridgehead atoms. The second kappa shape index (κ2) is 12.1. The summed E-state index contributed by atoms with van der Waals surface area (Å²) >= 11 is 7.54. The van der Waals surface area contributed by atoms with Gasteiger partial charge < -0.3 is 4.74 Å². The lowest BCUT2D eigenvalue weighted by Crippen LogP contribution is -2.50. The van der Waals surface area contributed by atoms with Crippen molar-refractivity contribution in [2.24, 2.45) is 16.1 Å². The first kappa shape index (κ1) is 27.1. The van der Waals surface area contributed by atoms with Gasteiger partial charge in [-0.05, 0) is 49.2 Å². The van der Waals surface area contributed by atoms with E-state index >= 15 is 0 Å². The maximum atomic E-state index is 13.6. The van der Waals surface area contributed by atoms with Gasteiger partial charge in [0.25, 0.3) is 0 Å². The van der Waals surface area contributed by atoms with Gasteiger partial charge in [0, 0.05) is 24.4 Å². The van der Waals surface area contributed by atoms with E-state index < -0.39 is 23.3 Å². The molecule has 4 rings (SSSR count). The number of thiazole rings is 1. The van der Waals surface area contributed by atoms with Crippen molar-refractivity contribution in [2.75, 3.05) is 13.2 Å². The molecule has 1 N–H and O–H groups in total. The van der Waals surface area contributed by atoms with Gasteiger partial charge in [-0.1, -0.05) is 28.9 Å². The Morgan fingerprint density at radius 3 is 2.66 bits per heavy atom. The molecule has 1 unspecified atom stereocenters. The summed E-state index contributed by atoms with van der Waals surface area (Å²) in [5.41, 5.74) is 1.02. The minimum atomic E-state index is -0.652. The Morgan fingerprint density at radius 2 is 1.95 bits per heavy atom. The molecule has 2 aromatic heterocycles. The van der Waals surface area contributed by atoms with E-state index in [1.165, 1.54) is 22.8 Å². The zero-order chi connectivity index (χ0) is 27.2. The highest BCUT2D eigenvalue weighted by atomic mass is 35.5. The summed E-state index contributed by atoms with van der Waals surface area (Å²) in [5, 5.41) is 4.36. The first-order chi connectivity index (χ1) is 18.2. The highest BCUT2D eigenvalue weighted by molar-refractivity contribution is 7.18. The summed E-state index contributed by atoms with van der Waals surface area (Å²) in [6.07, 6.45) is 0.223. The van der Waals surface area contributed by atoms with Crippen molar-refractivity contribution >= 4 is 44.8 Å². The van der Waals surface area contributed by atoms with Crippen LogP contribution in [0.15, 0.2) is 62.2 Å². The highest BCUT2D eigenvalue weighted by Crippen LogP contribution is 2.25. The highest BCUT2D eigenvalue weighted by Gasteiger charge is 2.15. The van der Waals surface area contributed by atoms with Crippen molar-refractivity contribution in [1.82, 2.24) is 19.1 Å². The fourth-order valence-corrected chi connectivity index (χ4v) is 4.84. The molecule has 0 radical (unpaired) electrons. The summed E-state index contributed by atoms with van der Waals surface area (Å²) in [6, 6.07) is 12.4. The average molecular weight is 557 g/mol. The summed E-state index contributed by atoms with van der Waals surface area (Å²) in [6.45, 7) is 3.14. The number of carbonyl (C=O) groups is 1. The van der Waals surface area contributed by atoms with Gasteiger partial charge in [0.2, 0.25) is 5.62 Å². The van der Waals surface area contributed by atoms with Crippen LogP contribution in [0.2, 0.25) is 5.02 Å². The third-order valence-corrected chi connectivity index (χ3v) is 6.95. The van der Waals surface area contributed by atoms with Crippen LogP contribution in [-0.2, 0) is 22.6 Å². The smallest absolute Gasteiger partial charge is 0.335 e. The fraction of sp³-hybridized carbons (Fsp3) is 0.320. The molecule has 2 heterocycles. The zero-order valence-electron chi connectivity index (χ0n) is 20.7. The molecule has 0 fully saturated rings. The SMILES string of the molecule is CC(=O)OCC(CCn1c(=O)[nH]/c(=N\c2ccc3nc(C)sc3c2)n(Cc2ccc(Cl)cc2)c1=O)CN=O. The number of nitrogens with zero attached hydrogens (tertiary/aromatic N) is 5. The largest absolute Gasteiger partial charge is 0.466 e. The molecule has 0 aliphatic carbocycles. The Kier molecular flexibility index (Phi) is 8.64. The zero-order valence-corrected chi connectivity index (χ0v) is 22.3. The number of aromatic nitrogens is 4. The van der Waals surface area contributed by atoms with E-state index in [1.54, 1.807) is 30.3 Å². The van der Waals surface area contributed by atoms with Gasteiger partial charge in [-0.15, -0.1) is 11.3 Å². The summed E-state index contributed by atoms with van der Waals surface area (Å²) in [5.74, 6) is -0.930. The van der Waals surface area contributed by atoms with Crippen molar-refractivity contribution in [3.8, 4) is 0 Å². The Balaban J connectivity index is 1.75. The lowest BCUT2D eigenvalue weighted by atomic mass is 10.1. The minimum Gasteiger partial charge on any atom is -0.466 e. The maximum Gasteiger partial charge on any atom is 0.335 e. The Morgan fingerprint density at radius 1 is 1.18 bits per heavy atom. The number of nitroso groups, excluding NO2 is 1. The van der Waals surface area contributed by atoms with Crippen LogP contribution in [0.25, 0.3) is 10.2 Å². The number of benzene rings is 2. The van der Waals surface area contributed by atoms with Crippen molar-refractivity contribution in [1.29, 1.82) is 0 Å². The van der Waals surface area contributed by atoms with Crippen molar-refractivity contribution in [2.45, 2.75) is 33.4 Å². The van der Waals surface area contributed by atoms with Gasteiger partial charge in [0.1, 0.15) is 0 Å². The van der Waals surface area contributed by atoms with E-state index in [9.17, 15) is 19.3 Å². The molecule has 0 aliphatic rings. The van der Waals surface area contributed by atoms with Crippen LogP contribution < -0.4 is 17.0 Å². The van der Waals surface area contributed by atoms with Gasteiger partial charge >= 0.3 is 17.3 Å². The van der Waals surface area contributed by atoms with Crippen molar-refractivity contribution < 1.29 is 9.53 Å². The molecule has 4 aromatic rings. The van der Waals surface area contributed by atoms with Crippen LogP contribution in [-0.4, -0.2) is 38.2 Å². The normalized spacial score (nSPS) is 12.6. The van der Waals surface area contributed by atoms with Crippen LogP contribution in [0.5, 0.6) is 0 Å². The van der Waals surface area contributed by atoms with Crippen LogP contribution in [0.1, 0.15) is 23.9 Å². The third kappa shape index (κ3) is 6.69. The second-order valence-electron chi connectivity index (χ2n) is 8.67. The van der Waals surface area contributed by atoms with Gasteiger partial charge in [-0.3, -0.25) is 14.3 Å². The number of aryl methyl sites for hydroxylation is 1. The van der Waals surface area contributed by atoms with Gasteiger partial charge in [0.05, 0.1) is 40.6 Å². The number of rotatable bonds is 10. The molecule has 13 heteroatoms. The van der Waals surface area contributed by atoms with E-state index in [4.69, 9.17) is 16.3 Å². The van der Waals surface area contributed by atoms with Crippen LogP contribution in [0.4, 0.5) is 5.69 Å². The summed E-state index contributed by atoms with van der Waals surface area (Å²) in [4.78, 5) is 60.3. The quantitative estimate of drug-likeness (QED) is 0.234. The molecule has 198 valence electrons. The topological polar surface area (TPSA) is 141 Å². The number of hydrogen-bond donors (Lipinski definition) is 1. The molecule has 1 atom stereocenters. The Labute approximate surface area is 225 Å². The van der Waals surface area contributed by atoms with E-state index in [2.05, 4.69) is 20.1 Å². The van der Waals surface area contributed by atoms with Gasteiger partial charge in [-0.2, -0.15) is 4.91 Å². The average Bonchev–Trinajstić information content (AvgIpc) is 3.25. The fourth-order valence-electron chi connectivity index (χ4n) is 3.85. The van der Waals surface area contributed by atoms with Gasteiger partial charge in [-0.25, -0.2) is 24.1 Å². The third-order valence-electron chi connectivity index (χ3n) is 5.77. The van der Waals surface area contributed by atoms with E-state index in [-0.39, 0.29) is 38.3 Å². The molecule has 11 nitrogen and oxygen atoms in total. The summed E-state index contributed by atoms with van der Waals surface area (Å²) < 4.78 is 8.33. The van der Waals surface area contributed by atoms with Crippen LogP contribution >= 0.6 is 22.9 Å². The van der Waals surface area contributed by atoms with Crippen molar-refractivity contribution in [3.63, 3.8) is 0 Å². The molecule has 0 saturated heterocycles. The maximum absolute atomic E-state index is 13.6. The number of aromatic amines is 1.